The molecule has 2 saturated heterocycles. The molecule has 2 aliphatic heterocycles. The van der Waals surface area contributed by atoms with E-state index < -0.39 is 5.60 Å². The number of nitrogen functional groups attached to an aromatic ring is 1. The van der Waals surface area contributed by atoms with Crippen molar-refractivity contribution in [3.63, 3.8) is 0 Å². The second-order valence-corrected chi connectivity index (χ2v) is 7.28. The molecule has 1 aromatic heterocycles. The summed E-state index contributed by atoms with van der Waals surface area (Å²) in [5, 5.41) is 0.718. The molecule has 0 bridgehead atoms. The third-order valence-electron chi connectivity index (χ3n) is 4.22. The van der Waals surface area contributed by atoms with Gasteiger partial charge in [-0.2, -0.15) is 0 Å². The van der Waals surface area contributed by atoms with Crippen LogP contribution in [-0.2, 0) is 4.74 Å². The Bertz CT molecular complexity index is 599. The highest BCUT2D eigenvalue weighted by Gasteiger charge is 2.48. The van der Waals surface area contributed by atoms with Crippen LogP contribution in [0.25, 0.3) is 0 Å². The fourth-order valence-electron chi connectivity index (χ4n) is 3.01. The van der Waals surface area contributed by atoms with Gasteiger partial charge in [-0.05, 0) is 6.42 Å². The van der Waals surface area contributed by atoms with Crippen molar-refractivity contribution >= 4 is 29.5 Å². The van der Waals surface area contributed by atoms with Gasteiger partial charge < -0.3 is 20.3 Å². The zero-order valence-corrected chi connectivity index (χ0v) is 14.4. The summed E-state index contributed by atoms with van der Waals surface area (Å²) in [5.41, 5.74) is 5.52. The van der Waals surface area contributed by atoms with Gasteiger partial charge in [-0.1, -0.05) is 25.1 Å². The van der Waals surface area contributed by atoms with E-state index in [1.807, 2.05) is 0 Å². The van der Waals surface area contributed by atoms with Crippen molar-refractivity contribution in [2.75, 3.05) is 43.1 Å². The van der Waals surface area contributed by atoms with Crippen LogP contribution in [0.3, 0.4) is 0 Å². The van der Waals surface area contributed by atoms with E-state index in [0.717, 1.165) is 42.5 Å². The molecule has 2 aliphatic rings. The SMILES string of the molecule is CCCCSc1nc(N)cc(N2CCC3(CN(C)C(=O)O3)C2)n1. The Balaban J connectivity index is 1.71. The second kappa shape index (κ2) is 6.43. The number of likely N-dealkylation sites (N-methyl/N-ethyl adjacent to an activating group) is 1. The van der Waals surface area contributed by atoms with Crippen LogP contribution < -0.4 is 10.6 Å². The van der Waals surface area contributed by atoms with Gasteiger partial charge in [0, 0.05) is 31.8 Å². The largest absolute Gasteiger partial charge is 0.439 e. The summed E-state index contributed by atoms with van der Waals surface area (Å²) in [6.45, 7) is 4.24. The summed E-state index contributed by atoms with van der Waals surface area (Å²) in [7, 11) is 1.77. The minimum atomic E-state index is -0.416. The molecular weight excluding hydrogens is 314 g/mol. The number of carbonyl (C=O) groups excluding carboxylic acids is 1. The molecule has 8 heteroatoms. The number of unbranched alkanes of at least 4 members (excludes halogenated alkanes) is 1. The first-order chi connectivity index (χ1) is 11.0. The predicted octanol–water partition coefficient (Wildman–Crippen LogP) is 1.98. The van der Waals surface area contributed by atoms with Crippen LogP contribution >= 0.6 is 11.8 Å². The number of hydrogen-bond donors (Lipinski definition) is 1. The first kappa shape index (κ1) is 16.2. The standard InChI is InChI=1S/C15H23N5O2S/c1-3-4-7-23-13-17-11(16)8-12(18-13)20-6-5-15(10-20)9-19(2)14(21)22-15/h8H,3-7,9-10H2,1-2H3,(H2,16,17,18). The maximum atomic E-state index is 11.7. The van der Waals surface area contributed by atoms with E-state index in [-0.39, 0.29) is 6.09 Å². The molecule has 126 valence electrons. The molecule has 7 nitrogen and oxygen atoms in total. The normalized spacial score (nSPS) is 23.8. The maximum Gasteiger partial charge on any atom is 0.410 e. The average molecular weight is 337 g/mol. The van der Waals surface area contributed by atoms with E-state index >= 15 is 0 Å². The molecule has 0 aliphatic carbocycles. The van der Waals surface area contributed by atoms with Crippen molar-refractivity contribution in [2.24, 2.45) is 0 Å². The van der Waals surface area contributed by atoms with Crippen molar-refractivity contribution in [1.82, 2.24) is 14.9 Å². The fourth-order valence-corrected chi connectivity index (χ4v) is 3.95. The van der Waals surface area contributed by atoms with E-state index in [9.17, 15) is 4.79 Å². The Hall–Kier alpha value is -1.70. The van der Waals surface area contributed by atoms with Gasteiger partial charge >= 0.3 is 6.09 Å². The minimum Gasteiger partial charge on any atom is -0.439 e. The van der Waals surface area contributed by atoms with Crippen LogP contribution in [-0.4, -0.2) is 59.0 Å². The number of nitrogens with zero attached hydrogens (tertiary/aromatic N) is 4. The summed E-state index contributed by atoms with van der Waals surface area (Å²) in [6, 6.07) is 1.80. The van der Waals surface area contributed by atoms with E-state index in [1.54, 1.807) is 29.8 Å². The van der Waals surface area contributed by atoms with Gasteiger partial charge in [0.15, 0.2) is 10.8 Å². The Morgan fingerprint density at radius 1 is 1.43 bits per heavy atom. The average Bonchev–Trinajstić information content (AvgIpc) is 3.02. The number of rotatable bonds is 5. The van der Waals surface area contributed by atoms with Gasteiger partial charge in [0.2, 0.25) is 0 Å². The number of amides is 1. The molecule has 0 radical (unpaired) electrons. The van der Waals surface area contributed by atoms with Crippen LogP contribution in [0.1, 0.15) is 26.2 Å². The Kier molecular flexibility index (Phi) is 4.52. The summed E-state index contributed by atoms with van der Waals surface area (Å²) < 4.78 is 5.58. The van der Waals surface area contributed by atoms with E-state index in [1.165, 1.54) is 0 Å². The molecule has 0 aromatic carbocycles. The molecule has 0 saturated carbocycles. The Labute approximate surface area is 140 Å². The topological polar surface area (TPSA) is 84.6 Å². The lowest BCUT2D eigenvalue weighted by Crippen LogP contribution is -2.37. The lowest BCUT2D eigenvalue weighted by atomic mass is 10.0. The highest BCUT2D eigenvalue weighted by Crippen LogP contribution is 2.34. The van der Waals surface area contributed by atoms with Gasteiger partial charge in [0.05, 0.1) is 13.1 Å². The predicted molar refractivity (Wildman–Crippen MR) is 90.7 cm³/mol. The monoisotopic (exact) mass is 337 g/mol. The van der Waals surface area contributed by atoms with Crippen molar-refractivity contribution in [2.45, 2.75) is 36.9 Å². The molecule has 1 amide bonds. The zero-order chi connectivity index (χ0) is 16.4. The van der Waals surface area contributed by atoms with E-state index in [2.05, 4.69) is 21.8 Å². The maximum absolute atomic E-state index is 11.7. The smallest absolute Gasteiger partial charge is 0.410 e. The molecule has 3 rings (SSSR count). The highest BCUT2D eigenvalue weighted by molar-refractivity contribution is 7.99. The van der Waals surface area contributed by atoms with Gasteiger partial charge in [-0.25, -0.2) is 14.8 Å². The van der Waals surface area contributed by atoms with Crippen LogP contribution in [0.15, 0.2) is 11.2 Å². The number of nitrogens with two attached hydrogens (primary N) is 1. The molecule has 3 heterocycles. The third-order valence-corrected chi connectivity index (χ3v) is 5.16. The fraction of sp³-hybridized carbons (Fsp3) is 0.667. The molecule has 2 N–H and O–H groups in total. The number of hydrogen-bond acceptors (Lipinski definition) is 7. The van der Waals surface area contributed by atoms with Crippen LogP contribution in [0.5, 0.6) is 0 Å². The number of anilines is 2. The number of aromatic nitrogens is 2. The molecule has 23 heavy (non-hydrogen) atoms. The lowest BCUT2D eigenvalue weighted by Gasteiger charge is -2.22. The van der Waals surface area contributed by atoms with Crippen LogP contribution in [0.4, 0.5) is 16.4 Å². The number of ether oxygens (including phenoxy) is 1. The lowest BCUT2D eigenvalue weighted by molar-refractivity contribution is 0.0741. The van der Waals surface area contributed by atoms with Gasteiger partial charge in [-0.3, -0.25) is 0 Å². The van der Waals surface area contributed by atoms with Crippen LogP contribution in [0.2, 0.25) is 0 Å². The summed E-state index contributed by atoms with van der Waals surface area (Å²) in [4.78, 5) is 24.4. The molecule has 1 atom stereocenters. The van der Waals surface area contributed by atoms with Gasteiger partial charge in [0.1, 0.15) is 11.6 Å². The highest BCUT2D eigenvalue weighted by atomic mass is 32.2. The van der Waals surface area contributed by atoms with Crippen molar-refractivity contribution in [1.29, 1.82) is 0 Å². The van der Waals surface area contributed by atoms with Gasteiger partial charge in [0.25, 0.3) is 0 Å². The van der Waals surface area contributed by atoms with E-state index in [4.69, 9.17) is 10.5 Å². The zero-order valence-electron chi connectivity index (χ0n) is 13.6. The first-order valence-corrected chi connectivity index (χ1v) is 8.96. The van der Waals surface area contributed by atoms with Crippen molar-refractivity contribution < 1.29 is 9.53 Å². The molecule has 1 spiro atoms. The quantitative estimate of drug-likeness (QED) is 0.499. The summed E-state index contributed by atoms with van der Waals surface area (Å²) >= 11 is 1.63. The van der Waals surface area contributed by atoms with Crippen LogP contribution in [0, 0.1) is 0 Å². The molecule has 2 fully saturated rings. The molecular formula is C15H23N5O2S. The first-order valence-electron chi connectivity index (χ1n) is 7.98. The summed E-state index contributed by atoms with van der Waals surface area (Å²) in [5.74, 6) is 2.29. The second-order valence-electron chi connectivity index (χ2n) is 6.21. The Morgan fingerprint density at radius 3 is 2.96 bits per heavy atom. The molecule has 1 unspecified atom stereocenters. The third kappa shape index (κ3) is 3.46. The Morgan fingerprint density at radius 2 is 2.26 bits per heavy atom. The summed E-state index contributed by atoms with van der Waals surface area (Å²) in [6.07, 6.45) is 2.85. The molecule has 1 aromatic rings. The van der Waals surface area contributed by atoms with Gasteiger partial charge in [-0.15, -0.1) is 0 Å². The van der Waals surface area contributed by atoms with E-state index in [0.29, 0.717) is 18.9 Å². The van der Waals surface area contributed by atoms with Crippen molar-refractivity contribution in [3.8, 4) is 0 Å². The number of thioether (sulfide) groups is 1. The van der Waals surface area contributed by atoms with Crippen molar-refractivity contribution in [3.05, 3.63) is 6.07 Å². The minimum absolute atomic E-state index is 0.245. The number of carbonyl (C=O) groups is 1.